The number of hydrogen-bond donors (Lipinski definition) is 2. The van der Waals surface area contributed by atoms with Gasteiger partial charge in [0.15, 0.2) is 11.6 Å². The zero-order chi connectivity index (χ0) is 15.5. The second-order valence-corrected chi connectivity index (χ2v) is 5.87. The first-order chi connectivity index (χ1) is 9.90. The number of aromatic nitrogens is 2. The third-order valence-electron chi connectivity index (χ3n) is 3.09. The van der Waals surface area contributed by atoms with E-state index in [1.807, 2.05) is 31.2 Å². The van der Waals surface area contributed by atoms with Gasteiger partial charge in [0, 0.05) is 12.2 Å². The van der Waals surface area contributed by atoms with Crippen LogP contribution >= 0.6 is 0 Å². The molecule has 1 aromatic carbocycles. The Morgan fingerprint density at radius 2 is 1.81 bits per heavy atom. The van der Waals surface area contributed by atoms with E-state index in [1.54, 1.807) is 0 Å². The smallest absolute Gasteiger partial charge is 0.224 e. The van der Waals surface area contributed by atoms with Crippen LogP contribution in [0.2, 0.25) is 0 Å². The minimum atomic E-state index is -0.475. The van der Waals surface area contributed by atoms with Crippen molar-refractivity contribution in [2.45, 2.75) is 33.1 Å². The van der Waals surface area contributed by atoms with Crippen molar-refractivity contribution in [3.8, 4) is 0 Å². The van der Waals surface area contributed by atoms with E-state index in [1.165, 1.54) is 5.56 Å². The predicted octanol–water partition coefficient (Wildman–Crippen LogP) is 4.09. The largest absolute Gasteiger partial charge is 0.354 e. The highest BCUT2D eigenvalue weighted by molar-refractivity contribution is 5.58. The lowest BCUT2D eigenvalue weighted by Crippen LogP contribution is -2.10. The summed E-state index contributed by atoms with van der Waals surface area (Å²) in [6.07, 6.45) is 1.16. The molecular formula is C16H21FN4. The number of nitrogens with zero attached hydrogens (tertiary/aromatic N) is 2. The molecule has 0 amide bonds. The summed E-state index contributed by atoms with van der Waals surface area (Å²) in [7, 11) is 0. The molecule has 0 aliphatic heterocycles. The van der Waals surface area contributed by atoms with Gasteiger partial charge in [-0.2, -0.15) is 4.98 Å². The molecule has 0 radical (unpaired) electrons. The normalized spacial score (nSPS) is 11.3. The van der Waals surface area contributed by atoms with Crippen molar-refractivity contribution in [2.75, 3.05) is 17.2 Å². The summed E-state index contributed by atoms with van der Waals surface area (Å²) < 4.78 is 13.7. The van der Waals surface area contributed by atoms with Crippen LogP contribution in [0.4, 0.5) is 21.8 Å². The van der Waals surface area contributed by atoms with Gasteiger partial charge in [-0.25, -0.2) is 9.37 Å². The fourth-order valence-electron chi connectivity index (χ4n) is 1.89. The minimum absolute atomic E-state index is 0.0942. The summed E-state index contributed by atoms with van der Waals surface area (Å²) in [5, 5.41) is 5.94. The highest BCUT2D eigenvalue weighted by Gasteiger charge is 2.13. The van der Waals surface area contributed by atoms with Gasteiger partial charge in [-0.05, 0) is 30.0 Å². The van der Waals surface area contributed by atoms with Gasteiger partial charge in [-0.1, -0.05) is 32.9 Å². The molecule has 0 aliphatic rings. The second-order valence-electron chi connectivity index (χ2n) is 5.87. The van der Waals surface area contributed by atoms with Gasteiger partial charge in [0.1, 0.15) is 0 Å². The molecule has 0 aliphatic carbocycles. The minimum Gasteiger partial charge on any atom is -0.354 e. The van der Waals surface area contributed by atoms with Crippen LogP contribution in [0.15, 0.2) is 30.5 Å². The van der Waals surface area contributed by atoms with E-state index < -0.39 is 5.82 Å². The molecule has 0 saturated heterocycles. The third-order valence-corrected chi connectivity index (χ3v) is 3.09. The second kappa shape index (κ2) is 6.08. The molecule has 2 rings (SSSR count). The molecule has 0 atom stereocenters. The third kappa shape index (κ3) is 3.90. The molecule has 21 heavy (non-hydrogen) atoms. The molecular weight excluding hydrogens is 267 g/mol. The monoisotopic (exact) mass is 288 g/mol. The van der Waals surface area contributed by atoms with Crippen molar-refractivity contribution in [1.29, 1.82) is 0 Å². The van der Waals surface area contributed by atoms with E-state index in [4.69, 9.17) is 0 Å². The summed E-state index contributed by atoms with van der Waals surface area (Å²) in [6.45, 7) is 9.09. The molecule has 2 aromatic rings. The molecule has 1 heterocycles. The van der Waals surface area contributed by atoms with Gasteiger partial charge >= 0.3 is 0 Å². The Bertz CT molecular complexity index is 603. The topological polar surface area (TPSA) is 49.8 Å². The summed E-state index contributed by atoms with van der Waals surface area (Å²) in [5.74, 6) is 0.105. The Morgan fingerprint density at radius 3 is 2.38 bits per heavy atom. The lowest BCUT2D eigenvalue weighted by molar-refractivity contribution is 0.590. The van der Waals surface area contributed by atoms with E-state index >= 15 is 0 Å². The van der Waals surface area contributed by atoms with Crippen LogP contribution in [0.1, 0.15) is 33.3 Å². The molecule has 0 spiro atoms. The lowest BCUT2D eigenvalue weighted by Gasteiger charge is -2.19. The van der Waals surface area contributed by atoms with Crippen LogP contribution in [0.3, 0.4) is 0 Å². The van der Waals surface area contributed by atoms with Crippen molar-refractivity contribution in [3.05, 3.63) is 41.8 Å². The van der Waals surface area contributed by atoms with Gasteiger partial charge in [0.25, 0.3) is 0 Å². The molecule has 0 bridgehead atoms. The average Bonchev–Trinajstić information content (AvgIpc) is 2.42. The molecule has 0 fully saturated rings. The summed E-state index contributed by atoms with van der Waals surface area (Å²) >= 11 is 0. The molecule has 2 N–H and O–H groups in total. The molecule has 112 valence electrons. The van der Waals surface area contributed by atoms with Crippen molar-refractivity contribution in [1.82, 2.24) is 9.97 Å². The highest BCUT2D eigenvalue weighted by Crippen LogP contribution is 2.25. The van der Waals surface area contributed by atoms with Gasteiger partial charge in [-0.3, -0.25) is 0 Å². The molecule has 5 heteroatoms. The zero-order valence-corrected chi connectivity index (χ0v) is 12.9. The molecule has 0 unspecified atom stereocenters. The van der Waals surface area contributed by atoms with Crippen LogP contribution < -0.4 is 10.6 Å². The number of anilines is 3. The first-order valence-electron chi connectivity index (χ1n) is 7.04. The van der Waals surface area contributed by atoms with E-state index in [-0.39, 0.29) is 11.2 Å². The summed E-state index contributed by atoms with van der Waals surface area (Å²) in [6, 6.07) is 7.92. The number of nitrogens with one attached hydrogen (secondary N) is 2. The van der Waals surface area contributed by atoms with Gasteiger partial charge in [-0.15, -0.1) is 0 Å². The molecule has 1 aromatic heterocycles. The first-order valence-corrected chi connectivity index (χ1v) is 7.04. The van der Waals surface area contributed by atoms with Gasteiger partial charge in [0.05, 0.1) is 6.20 Å². The Labute approximate surface area is 124 Å². The standard InChI is InChI=1S/C16H21FN4/c1-5-18-15-19-10-13(17)14(21-15)20-12-8-6-11(7-9-12)16(2,3)4/h6-10H,5H2,1-4H3,(H2,18,19,20,21). The van der Waals surface area contributed by atoms with Gasteiger partial charge < -0.3 is 10.6 Å². The van der Waals surface area contributed by atoms with Crippen LogP contribution in [-0.4, -0.2) is 16.5 Å². The van der Waals surface area contributed by atoms with Crippen molar-refractivity contribution >= 4 is 17.5 Å². The molecule has 0 saturated carbocycles. The van der Waals surface area contributed by atoms with Crippen LogP contribution in [-0.2, 0) is 5.41 Å². The maximum atomic E-state index is 13.7. The Morgan fingerprint density at radius 1 is 1.14 bits per heavy atom. The summed E-state index contributed by atoms with van der Waals surface area (Å²) in [5.41, 5.74) is 2.12. The Hall–Kier alpha value is -2.17. The average molecular weight is 288 g/mol. The lowest BCUT2D eigenvalue weighted by atomic mass is 9.87. The quantitative estimate of drug-likeness (QED) is 0.889. The first kappa shape index (κ1) is 15.2. The number of halogens is 1. The number of benzene rings is 1. The zero-order valence-electron chi connectivity index (χ0n) is 12.9. The Kier molecular flexibility index (Phi) is 4.40. The summed E-state index contributed by atoms with van der Waals surface area (Å²) in [4.78, 5) is 8.00. The van der Waals surface area contributed by atoms with Crippen LogP contribution in [0.5, 0.6) is 0 Å². The highest BCUT2D eigenvalue weighted by atomic mass is 19.1. The SMILES string of the molecule is CCNc1ncc(F)c(Nc2ccc(C(C)(C)C)cc2)n1. The van der Waals surface area contributed by atoms with Crippen molar-refractivity contribution in [2.24, 2.45) is 0 Å². The van der Waals surface area contributed by atoms with Crippen LogP contribution in [0, 0.1) is 5.82 Å². The van der Waals surface area contributed by atoms with Crippen molar-refractivity contribution in [3.63, 3.8) is 0 Å². The van der Waals surface area contributed by atoms with Gasteiger partial charge in [0.2, 0.25) is 5.95 Å². The molecule has 4 nitrogen and oxygen atoms in total. The van der Waals surface area contributed by atoms with E-state index in [0.29, 0.717) is 12.5 Å². The van der Waals surface area contributed by atoms with E-state index in [2.05, 4.69) is 41.4 Å². The van der Waals surface area contributed by atoms with E-state index in [0.717, 1.165) is 11.9 Å². The number of hydrogen-bond acceptors (Lipinski definition) is 4. The maximum Gasteiger partial charge on any atom is 0.224 e. The number of rotatable bonds is 4. The predicted molar refractivity (Wildman–Crippen MR) is 84.6 cm³/mol. The van der Waals surface area contributed by atoms with Crippen LogP contribution in [0.25, 0.3) is 0 Å². The van der Waals surface area contributed by atoms with E-state index in [9.17, 15) is 4.39 Å². The fraction of sp³-hybridized carbons (Fsp3) is 0.375. The van der Waals surface area contributed by atoms with Crippen molar-refractivity contribution < 1.29 is 4.39 Å². The Balaban J connectivity index is 2.20. The fourth-order valence-corrected chi connectivity index (χ4v) is 1.89. The maximum absolute atomic E-state index is 13.7.